The molecule has 136 valence electrons. The molecule has 2 N–H and O–H groups in total. The number of aryl methyl sites for hydroxylation is 1. The van der Waals surface area contributed by atoms with Gasteiger partial charge in [0.25, 0.3) is 5.91 Å². The first-order valence-electron chi connectivity index (χ1n) is 8.68. The number of nitrogens with zero attached hydrogens (tertiary/aromatic N) is 2. The standard InChI is InChI=1S/C21H19N3O2S/c1-3-24-17-11-15(16-12-27-21(22)23-16)8-9-18(17)26-19(20(24)25)10-14-6-4-13(2)5-7-14/h4-12H,3H2,1-2H3,(H2,22,23)/b19-10+. The van der Waals surface area contributed by atoms with Crippen LogP contribution in [0.1, 0.15) is 18.1 Å². The maximum absolute atomic E-state index is 12.9. The van der Waals surface area contributed by atoms with E-state index < -0.39 is 0 Å². The maximum Gasteiger partial charge on any atom is 0.294 e. The van der Waals surface area contributed by atoms with Gasteiger partial charge in [-0.25, -0.2) is 4.98 Å². The Morgan fingerprint density at radius 2 is 2.00 bits per heavy atom. The molecule has 2 aromatic carbocycles. The van der Waals surface area contributed by atoms with Crippen LogP contribution in [0.15, 0.2) is 53.6 Å². The molecule has 5 nitrogen and oxygen atoms in total. The van der Waals surface area contributed by atoms with Gasteiger partial charge < -0.3 is 15.4 Å². The molecule has 0 fully saturated rings. The Morgan fingerprint density at radius 3 is 2.67 bits per heavy atom. The van der Waals surface area contributed by atoms with Gasteiger partial charge in [-0.3, -0.25) is 4.79 Å². The van der Waals surface area contributed by atoms with Crippen LogP contribution in [0.3, 0.4) is 0 Å². The molecule has 0 spiro atoms. The van der Waals surface area contributed by atoms with Crippen LogP contribution >= 0.6 is 11.3 Å². The van der Waals surface area contributed by atoms with Gasteiger partial charge in [-0.2, -0.15) is 0 Å². The lowest BCUT2D eigenvalue weighted by atomic mass is 10.1. The number of amides is 1. The Bertz CT molecular complexity index is 1040. The largest absolute Gasteiger partial charge is 0.449 e. The summed E-state index contributed by atoms with van der Waals surface area (Å²) < 4.78 is 5.93. The SMILES string of the molecule is CCN1C(=O)/C(=C\c2ccc(C)cc2)Oc2ccc(-c3csc(N)n3)cc21. The van der Waals surface area contributed by atoms with Gasteiger partial charge in [-0.15, -0.1) is 11.3 Å². The molecule has 6 heteroatoms. The van der Waals surface area contributed by atoms with E-state index in [9.17, 15) is 4.79 Å². The average Bonchev–Trinajstić information content (AvgIpc) is 3.10. The van der Waals surface area contributed by atoms with E-state index in [1.165, 1.54) is 16.9 Å². The number of likely N-dealkylation sites (N-methyl/N-ethyl adjacent to an activating group) is 1. The molecule has 1 aliphatic heterocycles. The molecule has 0 saturated heterocycles. The van der Waals surface area contributed by atoms with E-state index in [0.717, 1.165) is 22.5 Å². The van der Waals surface area contributed by atoms with Crippen LogP contribution in [-0.4, -0.2) is 17.4 Å². The van der Waals surface area contributed by atoms with Crippen molar-refractivity contribution in [3.8, 4) is 17.0 Å². The lowest BCUT2D eigenvalue weighted by Crippen LogP contribution is -2.37. The van der Waals surface area contributed by atoms with E-state index in [-0.39, 0.29) is 5.91 Å². The summed E-state index contributed by atoms with van der Waals surface area (Å²) in [5, 5.41) is 2.42. The second-order valence-electron chi connectivity index (χ2n) is 6.32. The van der Waals surface area contributed by atoms with Gasteiger partial charge >= 0.3 is 0 Å². The predicted octanol–water partition coefficient (Wildman–Crippen LogP) is 4.49. The van der Waals surface area contributed by atoms with Gasteiger partial charge in [0.2, 0.25) is 0 Å². The lowest BCUT2D eigenvalue weighted by Gasteiger charge is -2.30. The van der Waals surface area contributed by atoms with Gasteiger partial charge in [-0.1, -0.05) is 29.8 Å². The number of benzene rings is 2. The van der Waals surface area contributed by atoms with Crippen molar-refractivity contribution < 1.29 is 9.53 Å². The van der Waals surface area contributed by atoms with Gasteiger partial charge in [0.1, 0.15) is 0 Å². The highest BCUT2D eigenvalue weighted by Crippen LogP contribution is 2.39. The minimum absolute atomic E-state index is 0.152. The van der Waals surface area contributed by atoms with E-state index in [1.807, 2.05) is 61.7 Å². The number of carbonyl (C=O) groups is 1. The minimum Gasteiger partial charge on any atom is -0.449 e. The van der Waals surface area contributed by atoms with Crippen molar-refractivity contribution in [2.45, 2.75) is 13.8 Å². The summed E-state index contributed by atoms with van der Waals surface area (Å²) in [6.07, 6.45) is 1.78. The highest BCUT2D eigenvalue weighted by atomic mass is 32.1. The summed E-state index contributed by atoms with van der Waals surface area (Å²) in [5.41, 5.74) is 10.3. The zero-order valence-electron chi connectivity index (χ0n) is 15.1. The second kappa shape index (κ2) is 6.89. The van der Waals surface area contributed by atoms with E-state index in [0.29, 0.717) is 23.2 Å². The van der Waals surface area contributed by atoms with Crippen molar-refractivity contribution in [2.75, 3.05) is 17.2 Å². The molecule has 0 atom stereocenters. The monoisotopic (exact) mass is 377 g/mol. The average molecular weight is 377 g/mol. The topological polar surface area (TPSA) is 68.5 Å². The van der Waals surface area contributed by atoms with Crippen LogP contribution in [0.5, 0.6) is 5.75 Å². The van der Waals surface area contributed by atoms with Crippen molar-refractivity contribution in [3.63, 3.8) is 0 Å². The lowest BCUT2D eigenvalue weighted by molar-refractivity contribution is -0.117. The Balaban J connectivity index is 1.73. The highest BCUT2D eigenvalue weighted by molar-refractivity contribution is 7.13. The fourth-order valence-electron chi connectivity index (χ4n) is 3.02. The molecule has 1 aromatic heterocycles. The van der Waals surface area contributed by atoms with Crippen LogP contribution in [-0.2, 0) is 4.79 Å². The number of thiazole rings is 1. The first-order chi connectivity index (χ1) is 13.0. The van der Waals surface area contributed by atoms with Crippen molar-refractivity contribution >= 4 is 34.1 Å². The highest BCUT2D eigenvalue weighted by Gasteiger charge is 2.29. The molecule has 0 radical (unpaired) electrons. The van der Waals surface area contributed by atoms with Crippen molar-refractivity contribution in [1.82, 2.24) is 4.98 Å². The first kappa shape index (κ1) is 17.3. The third kappa shape index (κ3) is 3.31. The Morgan fingerprint density at radius 1 is 1.22 bits per heavy atom. The summed E-state index contributed by atoms with van der Waals surface area (Å²) in [5.74, 6) is 0.820. The number of ether oxygens (including phenoxy) is 1. The number of aromatic nitrogens is 1. The van der Waals surface area contributed by atoms with E-state index >= 15 is 0 Å². The van der Waals surface area contributed by atoms with Crippen LogP contribution in [0, 0.1) is 6.92 Å². The summed E-state index contributed by atoms with van der Waals surface area (Å²) in [4.78, 5) is 19.0. The second-order valence-corrected chi connectivity index (χ2v) is 7.21. The minimum atomic E-state index is -0.152. The number of hydrogen-bond acceptors (Lipinski definition) is 5. The molecule has 27 heavy (non-hydrogen) atoms. The number of hydrogen-bond donors (Lipinski definition) is 1. The Hall–Kier alpha value is -3.12. The Labute approximate surface area is 161 Å². The van der Waals surface area contributed by atoms with Crippen LogP contribution in [0.2, 0.25) is 0 Å². The summed E-state index contributed by atoms with van der Waals surface area (Å²) in [6.45, 7) is 4.52. The van der Waals surface area contributed by atoms with Gasteiger partial charge in [-0.05, 0) is 43.7 Å². The Kier molecular flexibility index (Phi) is 4.41. The van der Waals surface area contributed by atoms with E-state index in [2.05, 4.69) is 4.98 Å². The fourth-order valence-corrected chi connectivity index (χ4v) is 3.59. The number of carbonyl (C=O) groups excluding carboxylic acids is 1. The number of nitrogens with two attached hydrogens (primary N) is 1. The summed E-state index contributed by atoms with van der Waals surface area (Å²) >= 11 is 1.39. The predicted molar refractivity (Wildman–Crippen MR) is 110 cm³/mol. The van der Waals surface area contributed by atoms with Gasteiger partial charge in [0.15, 0.2) is 16.6 Å². The van der Waals surface area contributed by atoms with Gasteiger partial charge in [0.05, 0.1) is 11.4 Å². The molecule has 1 amide bonds. The molecule has 1 aliphatic rings. The summed E-state index contributed by atoms with van der Waals surface area (Å²) in [7, 11) is 0. The maximum atomic E-state index is 12.9. The molecule has 2 heterocycles. The zero-order chi connectivity index (χ0) is 19.0. The fraction of sp³-hybridized carbons (Fsp3) is 0.143. The molecule has 0 unspecified atom stereocenters. The molecular weight excluding hydrogens is 358 g/mol. The molecule has 0 bridgehead atoms. The molecule has 0 saturated carbocycles. The van der Waals surface area contributed by atoms with Crippen molar-refractivity contribution in [2.24, 2.45) is 0 Å². The molecule has 4 rings (SSSR count). The number of anilines is 2. The number of rotatable bonds is 3. The van der Waals surface area contributed by atoms with Crippen molar-refractivity contribution in [1.29, 1.82) is 0 Å². The first-order valence-corrected chi connectivity index (χ1v) is 9.56. The van der Waals surface area contributed by atoms with Crippen LogP contribution in [0.4, 0.5) is 10.8 Å². The third-order valence-corrected chi connectivity index (χ3v) is 5.11. The van der Waals surface area contributed by atoms with Gasteiger partial charge in [0, 0.05) is 17.5 Å². The molecule has 3 aromatic rings. The number of fused-ring (bicyclic) bond motifs is 1. The quantitative estimate of drug-likeness (QED) is 0.683. The van der Waals surface area contributed by atoms with E-state index in [4.69, 9.17) is 10.5 Å². The molecular formula is C21H19N3O2S. The zero-order valence-corrected chi connectivity index (χ0v) is 15.9. The van der Waals surface area contributed by atoms with Crippen LogP contribution < -0.4 is 15.4 Å². The van der Waals surface area contributed by atoms with E-state index in [1.54, 1.807) is 11.0 Å². The normalized spacial score (nSPS) is 15.0. The summed E-state index contributed by atoms with van der Waals surface area (Å²) in [6, 6.07) is 13.7. The molecule has 0 aliphatic carbocycles. The van der Waals surface area contributed by atoms with Crippen LogP contribution in [0.25, 0.3) is 17.3 Å². The smallest absolute Gasteiger partial charge is 0.294 e. The third-order valence-electron chi connectivity index (χ3n) is 4.43. The van der Waals surface area contributed by atoms with Crippen molar-refractivity contribution in [3.05, 3.63) is 64.7 Å². The number of nitrogen functional groups attached to an aromatic ring is 1.